The third-order valence-corrected chi connectivity index (χ3v) is 9.84. The maximum Gasteiger partial charge on any atom is 0.0992 e. The standard InChI is InChI=1S/C44H25N5/c45-26-28-10-8-14-31(24-28)48-38-19-7-5-17-36(38)42-40(48)23-21-34-33-20-22-39-41(43(33)49(44(34)42)32-15-9-11-29(25-32)27-46)35-16-4-6-18-37(35)47(39)30-12-2-1-3-13-30/h1-25H. The van der Waals surface area contributed by atoms with E-state index < -0.39 is 0 Å². The Balaban J connectivity index is 1.47. The van der Waals surface area contributed by atoms with Crippen molar-refractivity contribution in [3.8, 4) is 29.2 Å². The lowest BCUT2D eigenvalue weighted by Crippen LogP contribution is -1.97. The van der Waals surface area contributed by atoms with E-state index >= 15 is 0 Å². The first kappa shape index (κ1) is 27.1. The van der Waals surface area contributed by atoms with Gasteiger partial charge in [0.15, 0.2) is 0 Å². The van der Waals surface area contributed by atoms with Crippen LogP contribution >= 0.6 is 0 Å². The van der Waals surface area contributed by atoms with Gasteiger partial charge >= 0.3 is 0 Å². The quantitative estimate of drug-likeness (QED) is 0.197. The molecule has 0 saturated carbocycles. The van der Waals surface area contributed by atoms with Gasteiger partial charge in [0.1, 0.15) is 0 Å². The van der Waals surface area contributed by atoms with Crippen LogP contribution < -0.4 is 0 Å². The fourth-order valence-corrected chi connectivity index (χ4v) is 7.92. The van der Waals surface area contributed by atoms with Crippen LogP contribution in [0.5, 0.6) is 0 Å². The second-order valence-electron chi connectivity index (χ2n) is 12.4. The summed E-state index contributed by atoms with van der Waals surface area (Å²) in [6.07, 6.45) is 0. The molecule has 10 rings (SSSR count). The molecule has 49 heavy (non-hydrogen) atoms. The zero-order valence-corrected chi connectivity index (χ0v) is 26.2. The first-order chi connectivity index (χ1) is 24.2. The van der Waals surface area contributed by atoms with Crippen molar-refractivity contribution in [3.63, 3.8) is 0 Å². The van der Waals surface area contributed by atoms with Gasteiger partial charge in [-0.1, -0.05) is 78.9 Å². The predicted molar refractivity (Wildman–Crippen MR) is 199 cm³/mol. The average Bonchev–Trinajstić information content (AvgIpc) is 3.80. The third kappa shape index (κ3) is 3.73. The van der Waals surface area contributed by atoms with Crippen LogP contribution in [0.25, 0.3) is 82.5 Å². The van der Waals surface area contributed by atoms with Gasteiger partial charge in [0.25, 0.3) is 0 Å². The van der Waals surface area contributed by atoms with Crippen molar-refractivity contribution in [3.05, 3.63) is 163 Å². The van der Waals surface area contributed by atoms with Crippen LogP contribution in [0.3, 0.4) is 0 Å². The molecule has 0 spiro atoms. The van der Waals surface area contributed by atoms with E-state index in [0.717, 1.165) is 77.1 Å². The van der Waals surface area contributed by atoms with E-state index in [0.29, 0.717) is 11.1 Å². The summed E-state index contributed by atoms with van der Waals surface area (Å²) in [6, 6.07) is 57.0. The Morgan fingerprint density at radius 2 is 0.796 bits per heavy atom. The van der Waals surface area contributed by atoms with Gasteiger partial charge in [-0.3, -0.25) is 0 Å². The van der Waals surface area contributed by atoms with Gasteiger partial charge in [0, 0.05) is 49.4 Å². The molecule has 226 valence electrons. The maximum atomic E-state index is 10.0. The molecular weight excluding hydrogens is 599 g/mol. The lowest BCUT2D eigenvalue weighted by atomic mass is 10.1. The summed E-state index contributed by atoms with van der Waals surface area (Å²) in [5, 5.41) is 26.6. The summed E-state index contributed by atoms with van der Waals surface area (Å²) >= 11 is 0. The fourth-order valence-electron chi connectivity index (χ4n) is 7.92. The molecule has 0 radical (unpaired) electrons. The molecule has 0 aliphatic heterocycles. The summed E-state index contributed by atoms with van der Waals surface area (Å²) in [5.41, 5.74) is 10.7. The molecule has 0 aliphatic rings. The number of fused-ring (bicyclic) bond motifs is 11. The Kier molecular flexibility index (Phi) is 5.64. The predicted octanol–water partition coefficient (Wildman–Crippen LogP) is 10.7. The molecule has 0 fully saturated rings. The van der Waals surface area contributed by atoms with Crippen LogP contribution in [0.15, 0.2) is 152 Å². The maximum absolute atomic E-state index is 10.0. The highest BCUT2D eigenvalue weighted by atomic mass is 15.0. The molecule has 0 unspecified atom stereocenters. The molecule has 0 N–H and O–H groups in total. The second-order valence-corrected chi connectivity index (χ2v) is 12.4. The Hall–Kier alpha value is -7.08. The molecule has 0 atom stereocenters. The van der Waals surface area contributed by atoms with Gasteiger partial charge in [0.05, 0.1) is 56.4 Å². The van der Waals surface area contributed by atoms with Crippen molar-refractivity contribution in [2.75, 3.05) is 0 Å². The van der Waals surface area contributed by atoms with Gasteiger partial charge < -0.3 is 13.7 Å². The number of aromatic nitrogens is 3. The third-order valence-electron chi connectivity index (χ3n) is 9.84. The van der Waals surface area contributed by atoms with Crippen molar-refractivity contribution in [1.82, 2.24) is 13.7 Å². The summed E-state index contributed by atoms with van der Waals surface area (Å²) in [5.74, 6) is 0. The van der Waals surface area contributed by atoms with Crippen molar-refractivity contribution >= 4 is 65.4 Å². The van der Waals surface area contributed by atoms with E-state index in [1.165, 1.54) is 5.39 Å². The van der Waals surface area contributed by atoms with E-state index in [2.05, 4.69) is 135 Å². The molecule has 0 saturated heterocycles. The number of benzene rings is 7. The highest BCUT2D eigenvalue weighted by Gasteiger charge is 2.24. The molecular formula is C44H25N5. The lowest BCUT2D eigenvalue weighted by molar-refractivity contribution is 1.17. The molecule has 0 bridgehead atoms. The van der Waals surface area contributed by atoms with Crippen molar-refractivity contribution in [2.45, 2.75) is 0 Å². The van der Waals surface area contributed by atoms with Gasteiger partial charge in [-0.15, -0.1) is 0 Å². The van der Waals surface area contributed by atoms with Crippen molar-refractivity contribution < 1.29 is 0 Å². The zero-order chi connectivity index (χ0) is 32.6. The van der Waals surface area contributed by atoms with E-state index in [4.69, 9.17) is 0 Å². The summed E-state index contributed by atoms with van der Waals surface area (Å²) < 4.78 is 6.98. The van der Waals surface area contributed by atoms with Crippen molar-refractivity contribution in [2.24, 2.45) is 0 Å². The van der Waals surface area contributed by atoms with Crippen LogP contribution in [0, 0.1) is 22.7 Å². The van der Waals surface area contributed by atoms with E-state index in [-0.39, 0.29) is 0 Å². The van der Waals surface area contributed by atoms with E-state index in [9.17, 15) is 10.5 Å². The number of hydrogen-bond acceptors (Lipinski definition) is 2. The van der Waals surface area contributed by atoms with Crippen LogP contribution in [0.2, 0.25) is 0 Å². The van der Waals surface area contributed by atoms with Gasteiger partial charge in [-0.25, -0.2) is 0 Å². The number of nitriles is 2. The molecule has 3 heterocycles. The second kappa shape index (κ2) is 10.2. The Morgan fingerprint density at radius 3 is 1.33 bits per heavy atom. The summed E-state index contributed by atoms with van der Waals surface area (Å²) in [6.45, 7) is 0. The first-order valence-electron chi connectivity index (χ1n) is 16.2. The molecule has 0 aliphatic carbocycles. The summed E-state index contributed by atoms with van der Waals surface area (Å²) in [4.78, 5) is 0. The van der Waals surface area contributed by atoms with Gasteiger partial charge in [-0.05, 0) is 72.8 Å². The smallest absolute Gasteiger partial charge is 0.0992 e. The average molecular weight is 624 g/mol. The highest BCUT2D eigenvalue weighted by Crippen LogP contribution is 2.46. The van der Waals surface area contributed by atoms with E-state index in [1.807, 2.05) is 42.5 Å². The molecule has 0 amide bonds. The van der Waals surface area contributed by atoms with Crippen molar-refractivity contribution in [1.29, 1.82) is 10.5 Å². The SMILES string of the molecule is N#Cc1cccc(-n2c3ccccc3c3c2ccc2c4ccc5c(c6ccccc6n5-c5ccccc5)c4n(-c4cccc(C#N)c4)c23)c1. The first-order valence-corrected chi connectivity index (χ1v) is 16.2. The lowest BCUT2D eigenvalue weighted by Gasteiger charge is -2.11. The topological polar surface area (TPSA) is 62.4 Å². The molecule has 5 nitrogen and oxygen atoms in total. The Morgan fingerprint density at radius 1 is 0.347 bits per heavy atom. The minimum atomic E-state index is 0.606. The highest BCUT2D eigenvalue weighted by molar-refractivity contribution is 6.31. The minimum absolute atomic E-state index is 0.606. The van der Waals surface area contributed by atoms with Gasteiger partial charge in [0.2, 0.25) is 0 Å². The zero-order valence-electron chi connectivity index (χ0n) is 26.2. The monoisotopic (exact) mass is 623 g/mol. The molecule has 3 aromatic heterocycles. The number of rotatable bonds is 3. The Bertz CT molecular complexity index is 3070. The van der Waals surface area contributed by atoms with E-state index in [1.54, 1.807) is 0 Å². The fraction of sp³-hybridized carbons (Fsp3) is 0. The molecule has 10 aromatic rings. The number of hydrogen-bond donors (Lipinski definition) is 0. The number of nitrogens with zero attached hydrogens (tertiary/aromatic N) is 5. The van der Waals surface area contributed by atoms with Crippen LogP contribution in [-0.2, 0) is 0 Å². The molecule has 5 heteroatoms. The normalized spacial score (nSPS) is 11.6. The Labute approximate surface area is 280 Å². The van der Waals surface area contributed by atoms with Crippen LogP contribution in [0.1, 0.15) is 11.1 Å². The van der Waals surface area contributed by atoms with Gasteiger partial charge in [-0.2, -0.15) is 10.5 Å². The number of para-hydroxylation sites is 3. The minimum Gasteiger partial charge on any atom is -0.309 e. The molecule has 7 aromatic carbocycles. The van der Waals surface area contributed by atoms with Crippen LogP contribution in [0.4, 0.5) is 0 Å². The largest absolute Gasteiger partial charge is 0.309 e. The summed E-state index contributed by atoms with van der Waals surface area (Å²) in [7, 11) is 0. The van der Waals surface area contributed by atoms with Crippen LogP contribution in [-0.4, -0.2) is 13.7 Å².